The van der Waals surface area contributed by atoms with Gasteiger partial charge < -0.3 is 19.4 Å². The summed E-state index contributed by atoms with van der Waals surface area (Å²) in [5.41, 5.74) is 0. The summed E-state index contributed by atoms with van der Waals surface area (Å²) in [6.45, 7) is 6.85. The average Bonchev–Trinajstić information content (AvgIpc) is 3.35. The molecule has 2 N–H and O–H groups in total. The summed E-state index contributed by atoms with van der Waals surface area (Å²) in [6.07, 6.45) is 68.6. The van der Waals surface area contributed by atoms with Gasteiger partial charge in [0.05, 0.1) is 33.8 Å². The van der Waals surface area contributed by atoms with Crippen molar-refractivity contribution < 1.29 is 37.3 Å². The fraction of sp³-hybridized carbons (Fsp3) is 0.746. The fourth-order valence-corrected chi connectivity index (χ4v) is 8.93. The molecule has 3 unspecified atom stereocenters. The standard InChI is InChI=1S/C63H113N2O7P/c1-7-10-13-16-19-22-25-28-30-32-33-34-36-38-41-44-47-50-53-56-63(67)72-61(54-51-48-45-42-39-27-24-21-18-15-12-9-3)60(59-71-73(68,69)70-58-57-65(4,5)6)64-62(66)55-52-49-46-43-40-37-35-31-29-26-23-20-17-14-11-8-2/h11,14,19-20,22-23,28-31,33-34,51,54,60-61H,7-10,12-13,15-18,21,24-27,32,35-50,52-53,55-59H2,1-6H3,(H-,64,66,68,69)/p+1/b14-11+,22-19-,23-20+,30-28-,31-29+,34-33-,54-51+. The maximum absolute atomic E-state index is 13.5. The molecule has 0 aromatic heterocycles. The maximum atomic E-state index is 13.5. The molecule has 422 valence electrons. The van der Waals surface area contributed by atoms with E-state index in [1.54, 1.807) is 0 Å². The van der Waals surface area contributed by atoms with Gasteiger partial charge >= 0.3 is 13.8 Å². The number of ether oxygens (including phenoxy) is 1. The van der Waals surface area contributed by atoms with Gasteiger partial charge in [-0.15, -0.1) is 0 Å². The molecule has 0 rings (SSSR count). The summed E-state index contributed by atoms with van der Waals surface area (Å²) in [7, 11) is 1.47. The maximum Gasteiger partial charge on any atom is 0.472 e. The SMILES string of the molecule is CC/C=C/C/C=C/C/C=C/CCCCCCCCC(=O)NC(COP(=O)(O)OCC[N+](C)(C)C)C(/C=C/CCCCCCCCCCCC)OC(=O)CCCCCCCC/C=C\C/C=C\C/C=C\CCCCC. The third-order valence-corrected chi connectivity index (χ3v) is 13.8. The predicted octanol–water partition coefficient (Wildman–Crippen LogP) is 18.2. The molecular weight excluding hydrogens is 928 g/mol. The Morgan fingerprint density at radius 1 is 0.493 bits per heavy atom. The number of rotatable bonds is 53. The first-order valence-corrected chi connectivity index (χ1v) is 31.4. The molecule has 1 amide bonds. The lowest BCUT2D eigenvalue weighted by molar-refractivity contribution is -0.870. The van der Waals surface area contributed by atoms with Gasteiger partial charge in [0.25, 0.3) is 0 Å². The summed E-state index contributed by atoms with van der Waals surface area (Å²) in [5.74, 6) is -0.537. The summed E-state index contributed by atoms with van der Waals surface area (Å²) in [6, 6.07) is -0.864. The molecule has 0 saturated heterocycles. The number of hydrogen-bond donors (Lipinski definition) is 2. The third kappa shape index (κ3) is 53.8. The quantitative estimate of drug-likeness (QED) is 0.0205. The van der Waals surface area contributed by atoms with E-state index in [1.165, 1.54) is 96.3 Å². The molecule has 9 nitrogen and oxygen atoms in total. The molecule has 0 radical (unpaired) electrons. The number of phosphoric acid groups is 1. The zero-order valence-corrected chi connectivity index (χ0v) is 49.0. The highest BCUT2D eigenvalue weighted by atomic mass is 31.2. The number of hydrogen-bond acceptors (Lipinski definition) is 6. The molecule has 0 aromatic rings. The Hall–Kier alpha value is -2.81. The number of allylic oxidation sites excluding steroid dienone is 13. The van der Waals surface area contributed by atoms with Gasteiger partial charge in [0, 0.05) is 12.8 Å². The number of nitrogens with zero attached hydrogens (tertiary/aromatic N) is 1. The lowest BCUT2D eigenvalue weighted by Gasteiger charge is -2.27. The zero-order valence-electron chi connectivity index (χ0n) is 48.1. The van der Waals surface area contributed by atoms with Crippen LogP contribution in [0.3, 0.4) is 0 Å². The minimum absolute atomic E-state index is 0.0316. The Morgan fingerprint density at radius 3 is 1.34 bits per heavy atom. The summed E-state index contributed by atoms with van der Waals surface area (Å²) >= 11 is 0. The van der Waals surface area contributed by atoms with Crippen LogP contribution in [0, 0.1) is 0 Å². The van der Waals surface area contributed by atoms with Crippen molar-refractivity contribution in [1.29, 1.82) is 0 Å². The topological polar surface area (TPSA) is 111 Å². The normalized spacial score (nSPS) is 14.3. The number of phosphoric ester groups is 1. The van der Waals surface area contributed by atoms with Crippen molar-refractivity contribution in [1.82, 2.24) is 5.32 Å². The van der Waals surface area contributed by atoms with Crippen molar-refractivity contribution in [3.05, 3.63) is 85.1 Å². The monoisotopic (exact) mass is 1040 g/mol. The number of likely N-dealkylation sites (N-methyl/N-ethyl adjacent to an activating group) is 1. The Bertz CT molecular complexity index is 1530. The van der Waals surface area contributed by atoms with Gasteiger partial charge in [0.15, 0.2) is 0 Å². The van der Waals surface area contributed by atoms with Crippen molar-refractivity contribution in [3.63, 3.8) is 0 Å². The first-order chi connectivity index (χ1) is 35.4. The van der Waals surface area contributed by atoms with Crippen LogP contribution in [0.15, 0.2) is 85.1 Å². The van der Waals surface area contributed by atoms with Gasteiger partial charge in [0.1, 0.15) is 19.3 Å². The van der Waals surface area contributed by atoms with Crippen LogP contribution in [0.5, 0.6) is 0 Å². The highest BCUT2D eigenvalue weighted by Crippen LogP contribution is 2.43. The Balaban J connectivity index is 5.35. The van der Waals surface area contributed by atoms with Crippen LogP contribution in [0.4, 0.5) is 0 Å². The summed E-state index contributed by atoms with van der Waals surface area (Å²) in [4.78, 5) is 37.7. The van der Waals surface area contributed by atoms with E-state index in [0.29, 0.717) is 17.4 Å². The molecule has 0 heterocycles. The lowest BCUT2D eigenvalue weighted by Crippen LogP contribution is -2.47. The van der Waals surface area contributed by atoms with Gasteiger partial charge in [-0.2, -0.15) is 0 Å². The Kier molecular flexibility index (Phi) is 50.6. The van der Waals surface area contributed by atoms with Crippen LogP contribution in [0.1, 0.15) is 252 Å². The molecule has 0 aliphatic carbocycles. The fourth-order valence-electron chi connectivity index (χ4n) is 8.20. The van der Waals surface area contributed by atoms with Crippen LogP contribution in [0.25, 0.3) is 0 Å². The van der Waals surface area contributed by atoms with Crippen LogP contribution in [-0.4, -0.2) is 74.3 Å². The van der Waals surface area contributed by atoms with Crippen molar-refractivity contribution in [2.24, 2.45) is 0 Å². The first kappa shape index (κ1) is 70.2. The van der Waals surface area contributed by atoms with Gasteiger partial charge in [-0.1, -0.05) is 222 Å². The first-order valence-electron chi connectivity index (χ1n) is 29.9. The molecule has 0 aliphatic heterocycles. The van der Waals surface area contributed by atoms with Gasteiger partial charge in [-0.05, 0) is 102 Å². The van der Waals surface area contributed by atoms with Crippen LogP contribution >= 0.6 is 7.82 Å². The number of carbonyl (C=O) groups excluding carboxylic acids is 2. The molecule has 0 aliphatic rings. The minimum atomic E-state index is -4.46. The van der Waals surface area contributed by atoms with E-state index in [9.17, 15) is 19.0 Å². The van der Waals surface area contributed by atoms with Crippen molar-refractivity contribution in [3.8, 4) is 0 Å². The largest absolute Gasteiger partial charge is 0.472 e. The molecule has 0 bridgehead atoms. The van der Waals surface area contributed by atoms with Crippen molar-refractivity contribution in [2.45, 2.75) is 264 Å². The van der Waals surface area contributed by atoms with E-state index >= 15 is 0 Å². The van der Waals surface area contributed by atoms with E-state index in [4.69, 9.17) is 13.8 Å². The second-order valence-corrected chi connectivity index (χ2v) is 22.6. The number of nitrogens with one attached hydrogen (secondary N) is 1. The Labute approximate surface area is 450 Å². The van der Waals surface area contributed by atoms with Crippen molar-refractivity contribution >= 4 is 19.7 Å². The Morgan fingerprint density at radius 2 is 0.877 bits per heavy atom. The molecule has 0 aromatic carbocycles. The molecular formula is C63H114N2O7P+. The lowest BCUT2D eigenvalue weighted by atomic mass is 10.0. The number of esters is 1. The average molecular weight is 1040 g/mol. The van der Waals surface area contributed by atoms with E-state index in [2.05, 4.69) is 99.0 Å². The number of quaternary nitrogens is 1. The minimum Gasteiger partial charge on any atom is -0.456 e. The van der Waals surface area contributed by atoms with E-state index < -0.39 is 20.0 Å². The number of unbranched alkanes of at least 4 members (excludes halogenated alkanes) is 25. The van der Waals surface area contributed by atoms with Gasteiger partial charge in [-0.3, -0.25) is 18.6 Å². The molecule has 3 atom stereocenters. The summed E-state index contributed by atoms with van der Waals surface area (Å²) in [5, 5.41) is 3.04. The van der Waals surface area contributed by atoms with Gasteiger partial charge in [0.2, 0.25) is 5.91 Å². The highest BCUT2D eigenvalue weighted by molar-refractivity contribution is 7.47. The van der Waals surface area contributed by atoms with Crippen molar-refractivity contribution in [2.75, 3.05) is 40.9 Å². The number of amides is 1. The van der Waals surface area contributed by atoms with E-state index in [1.807, 2.05) is 33.3 Å². The zero-order chi connectivity index (χ0) is 53.6. The van der Waals surface area contributed by atoms with E-state index in [0.717, 1.165) is 122 Å². The predicted molar refractivity (Wildman–Crippen MR) is 314 cm³/mol. The molecule has 0 spiro atoms. The number of carbonyl (C=O) groups is 2. The van der Waals surface area contributed by atoms with Gasteiger partial charge in [-0.25, -0.2) is 4.57 Å². The molecule has 10 heteroatoms. The molecule has 0 fully saturated rings. The second-order valence-electron chi connectivity index (χ2n) is 21.1. The van der Waals surface area contributed by atoms with Crippen LogP contribution in [0.2, 0.25) is 0 Å². The van der Waals surface area contributed by atoms with Crippen LogP contribution < -0.4 is 5.32 Å². The molecule has 73 heavy (non-hydrogen) atoms. The highest BCUT2D eigenvalue weighted by Gasteiger charge is 2.30. The van der Waals surface area contributed by atoms with Crippen LogP contribution in [-0.2, 0) is 27.9 Å². The molecule has 0 saturated carbocycles. The van der Waals surface area contributed by atoms with E-state index in [-0.39, 0.29) is 31.5 Å². The second kappa shape index (κ2) is 52.6. The summed E-state index contributed by atoms with van der Waals surface area (Å²) < 4.78 is 30.6. The third-order valence-electron chi connectivity index (χ3n) is 12.8. The smallest absolute Gasteiger partial charge is 0.456 e.